The SMILES string of the molecule is CCCCN(C(=O)c1cccs1)C(C)c1nc2cc(Cl)ccc2c(=O)n1-c1ccc(C)cc1. The van der Waals surface area contributed by atoms with E-state index in [2.05, 4.69) is 6.92 Å². The zero-order valence-electron chi connectivity index (χ0n) is 18.9. The third-order valence-corrected chi connectivity index (χ3v) is 6.83. The van der Waals surface area contributed by atoms with Crippen LogP contribution in [0.15, 0.2) is 64.8 Å². The molecule has 7 heteroatoms. The maximum absolute atomic E-state index is 13.7. The van der Waals surface area contributed by atoms with Gasteiger partial charge in [0.15, 0.2) is 0 Å². The Balaban J connectivity index is 1.92. The Morgan fingerprint density at radius 2 is 1.94 bits per heavy atom. The van der Waals surface area contributed by atoms with E-state index in [1.165, 1.54) is 11.3 Å². The smallest absolute Gasteiger partial charge is 0.266 e. The number of hydrogen-bond donors (Lipinski definition) is 0. The molecule has 1 unspecified atom stereocenters. The van der Waals surface area contributed by atoms with E-state index in [-0.39, 0.29) is 11.5 Å². The van der Waals surface area contributed by atoms with Gasteiger partial charge in [0.2, 0.25) is 0 Å². The highest BCUT2D eigenvalue weighted by Gasteiger charge is 2.27. The van der Waals surface area contributed by atoms with Crippen LogP contribution in [-0.2, 0) is 0 Å². The first kappa shape index (κ1) is 23.2. The number of carbonyl (C=O) groups excluding carboxylic acids is 1. The van der Waals surface area contributed by atoms with E-state index in [9.17, 15) is 9.59 Å². The molecule has 2 aromatic heterocycles. The number of hydrogen-bond acceptors (Lipinski definition) is 4. The van der Waals surface area contributed by atoms with E-state index in [0.29, 0.717) is 33.2 Å². The topological polar surface area (TPSA) is 55.2 Å². The van der Waals surface area contributed by atoms with Crippen molar-refractivity contribution in [2.45, 2.75) is 39.7 Å². The van der Waals surface area contributed by atoms with Gasteiger partial charge in [-0.1, -0.05) is 48.7 Å². The molecule has 0 bridgehead atoms. The highest BCUT2D eigenvalue weighted by atomic mass is 35.5. The number of rotatable bonds is 7. The number of carbonyl (C=O) groups is 1. The highest BCUT2D eigenvalue weighted by molar-refractivity contribution is 7.12. The van der Waals surface area contributed by atoms with E-state index in [4.69, 9.17) is 16.6 Å². The lowest BCUT2D eigenvalue weighted by Crippen LogP contribution is -2.37. The minimum Gasteiger partial charge on any atom is -0.328 e. The zero-order valence-corrected chi connectivity index (χ0v) is 20.5. The molecule has 0 radical (unpaired) electrons. The van der Waals surface area contributed by atoms with Crippen LogP contribution < -0.4 is 5.56 Å². The average molecular weight is 480 g/mol. The van der Waals surface area contributed by atoms with E-state index in [1.807, 2.05) is 60.5 Å². The number of benzene rings is 2. The molecule has 0 aliphatic rings. The van der Waals surface area contributed by atoms with E-state index in [0.717, 1.165) is 24.1 Å². The first-order chi connectivity index (χ1) is 15.9. The third kappa shape index (κ3) is 4.72. The van der Waals surface area contributed by atoms with Crippen molar-refractivity contribution >= 4 is 39.7 Å². The first-order valence-electron chi connectivity index (χ1n) is 11.0. The van der Waals surface area contributed by atoms with Crippen LogP contribution >= 0.6 is 22.9 Å². The molecule has 1 atom stereocenters. The monoisotopic (exact) mass is 479 g/mol. The fourth-order valence-electron chi connectivity index (χ4n) is 3.88. The zero-order chi connectivity index (χ0) is 23.5. The summed E-state index contributed by atoms with van der Waals surface area (Å²) >= 11 is 7.63. The van der Waals surface area contributed by atoms with Gasteiger partial charge in [0.1, 0.15) is 5.82 Å². The number of nitrogens with zero attached hydrogens (tertiary/aromatic N) is 3. The van der Waals surface area contributed by atoms with Crippen LogP contribution in [0.4, 0.5) is 0 Å². The van der Waals surface area contributed by atoms with Crippen molar-refractivity contribution in [2.75, 3.05) is 6.54 Å². The van der Waals surface area contributed by atoms with Crippen LogP contribution in [0.2, 0.25) is 5.02 Å². The molecule has 0 fully saturated rings. The summed E-state index contributed by atoms with van der Waals surface area (Å²) in [5.41, 5.74) is 2.16. The number of amides is 1. The predicted molar refractivity (Wildman–Crippen MR) is 136 cm³/mol. The molecule has 0 aliphatic carbocycles. The van der Waals surface area contributed by atoms with Crippen LogP contribution in [0.25, 0.3) is 16.6 Å². The molecule has 5 nitrogen and oxygen atoms in total. The van der Waals surface area contributed by atoms with Gasteiger partial charge in [-0.05, 0) is 62.0 Å². The minimum atomic E-state index is -0.427. The Morgan fingerprint density at radius 1 is 1.18 bits per heavy atom. The maximum Gasteiger partial charge on any atom is 0.266 e. The number of aryl methyl sites for hydroxylation is 1. The fourth-order valence-corrected chi connectivity index (χ4v) is 4.73. The van der Waals surface area contributed by atoms with Crippen LogP contribution in [0.3, 0.4) is 0 Å². The van der Waals surface area contributed by atoms with Crippen molar-refractivity contribution < 1.29 is 4.79 Å². The summed E-state index contributed by atoms with van der Waals surface area (Å²) in [6.45, 7) is 6.61. The number of aromatic nitrogens is 2. The van der Waals surface area contributed by atoms with Gasteiger partial charge in [0.05, 0.1) is 27.5 Å². The summed E-state index contributed by atoms with van der Waals surface area (Å²) in [5, 5.41) is 2.90. The Kier molecular flexibility index (Phi) is 6.96. The summed E-state index contributed by atoms with van der Waals surface area (Å²) in [5.74, 6) is 0.460. The molecule has 0 spiro atoms. The van der Waals surface area contributed by atoms with Crippen molar-refractivity contribution in [1.82, 2.24) is 14.5 Å². The quantitative estimate of drug-likeness (QED) is 0.307. The van der Waals surface area contributed by atoms with Crippen molar-refractivity contribution in [3.8, 4) is 5.69 Å². The lowest BCUT2D eigenvalue weighted by molar-refractivity contribution is 0.0683. The van der Waals surface area contributed by atoms with Crippen LogP contribution in [-0.4, -0.2) is 26.9 Å². The lowest BCUT2D eigenvalue weighted by atomic mass is 10.1. The van der Waals surface area contributed by atoms with Gasteiger partial charge in [-0.15, -0.1) is 11.3 Å². The van der Waals surface area contributed by atoms with Gasteiger partial charge in [0, 0.05) is 11.6 Å². The molecular formula is C26H26ClN3O2S. The molecule has 4 rings (SSSR count). The molecule has 170 valence electrons. The Hall–Kier alpha value is -2.96. The normalized spacial score (nSPS) is 12.1. The number of fused-ring (bicyclic) bond motifs is 1. The largest absolute Gasteiger partial charge is 0.328 e. The lowest BCUT2D eigenvalue weighted by Gasteiger charge is -2.30. The van der Waals surface area contributed by atoms with Gasteiger partial charge >= 0.3 is 0 Å². The molecule has 0 saturated heterocycles. The van der Waals surface area contributed by atoms with E-state index < -0.39 is 6.04 Å². The van der Waals surface area contributed by atoms with Gasteiger partial charge in [-0.3, -0.25) is 14.2 Å². The van der Waals surface area contributed by atoms with Gasteiger partial charge in [0.25, 0.3) is 11.5 Å². The standard InChI is InChI=1S/C26H26ClN3O2S/c1-4-5-14-29(26(32)23-7-6-15-33-23)18(3)24-28-22-16-19(27)10-13-21(22)25(31)30(24)20-11-8-17(2)9-12-20/h6-13,15-16,18H,4-5,14H2,1-3H3. The molecule has 0 saturated carbocycles. The number of halogens is 1. The third-order valence-electron chi connectivity index (χ3n) is 5.74. The number of thiophene rings is 1. The second-order valence-electron chi connectivity index (χ2n) is 8.11. The molecular weight excluding hydrogens is 454 g/mol. The Bertz CT molecular complexity index is 1330. The number of unbranched alkanes of at least 4 members (excludes halogenated alkanes) is 1. The molecule has 2 aromatic carbocycles. The van der Waals surface area contributed by atoms with Gasteiger partial charge in [-0.25, -0.2) is 4.98 Å². The second kappa shape index (κ2) is 9.89. The highest BCUT2D eigenvalue weighted by Crippen LogP contribution is 2.27. The average Bonchev–Trinajstić information content (AvgIpc) is 3.34. The molecule has 0 N–H and O–H groups in total. The van der Waals surface area contributed by atoms with Crippen LogP contribution in [0.5, 0.6) is 0 Å². The van der Waals surface area contributed by atoms with Crippen molar-refractivity contribution in [3.63, 3.8) is 0 Å². The van der Waals surface area contributed by atoms with Crippen molar-refractivity contribution in [1.29, 1.82) is 0 Å². The molecule has 2 heterocycles. The summed E-state index contributed by atoms with van der Waals surface area (Å²) in [6.07, 6.45) is 1.81. The summed E-state index contributed by atoms with van der Waals surface area (Å²) in [4.78, 5) is 34.5. The molecule has 4 aromatic rings. The minimum absolute atomic E-state index is 0.0538. The Morgan fingerprint density at radius 3 is 2.61 bits per heavy atom. The predicted octanol–water partition coefficient (Wildman–Crippen LogP) is 6.41. The second-order valence-corrected chi connectivity index (χ2v) is 9.50. The molecule has 0 aliphatic heterocycles. The van der Waals surface area contributed by atoms with Crippen molar-refractivity contribution in [2.24, 2.45) is 0 Å². The summed E-state index contributed by atoms with van der Waals surface area (Å²) < 4.78 is 1.63. The first-order valence-corrected chi connectivity index (χ1v) is 12.3. The maximum atomic E-state index is 13.7. The van der Waals surface area contributed by atoms with E-state index in [1.54, 1.807) is 22.8 Å². The molecule has 1 amide bonds. The summed E-state index contributed by atoms with van der Waals surface area (Å²) in [7, 11) is 0. The van der Waals surface area contributed by atoms with Crippen LogP contribution in [0.1, 0.15) is 53.8 Å². The fraction of sp³-hybridized carbons (Fsp3) is 0.269. The summed E-state index contributed by atoms with van der Waals surface area (Å²) in [6, 6.07) is 16.1. The molecule has 33 heavy (non-hydrogen) atoms. The van der Waals surface area contributed by atoms with Gasteiger partial charge in [-0.2, -0.15) is 0 Å². The Labute approximate surface area is 202 Å². The van der Waals surface area contributed by atoms with Crippen molar-refractivity contribution in [3.05, 3.63) is 91.6 Å². The van der Waals surface area contributed by atoms with Crippen LogP contribution in [0, 0.1) is 6.92 Å². The van der Waals surface area contributed by atoms with Gasteiger partial charge < -0.3 is 4.90 Å². The van der Waals surface area contributed by atoms with E-state index >= 15 is 0 Å².